The van der Waals surface area contributed by atoms with Crippen molar-refractivity contribution in [3.8, 4) is 0 Å². The highest BCUT2D eigenvalue weighted by Crippen LogP contribution is 2.37. The van der Waals surface area contributed by atoms with E-state index in [0.717, 1.165) is 25.0 Å². The van der Waals surface area contributed by atoms with Crippen LogP contribution >= 0.6 is 11.8 Å². The summed E-state index contributed by atoms with van der Waals surface area (Å²) in [6.45, 7) is 0. The van der Waals surface area contributed by atoms with Gasteiger partial charge in [0.15, 0.2) is 5.82 Å². The van der Waals surface area contributed by atoms with Crippen LogP contribution in [0.25, 0.3) is 0 Å². The maximum absolute atomic E-state index is 12.6. The smallest absolute Gasteiger partial charge is 0.398 e. The topological polar surface area (TPSA) is 69.6 Å². The van der Waals surface area contributed by atoms with E-state index in [1.807, 2.05) is 0 Å². The van der Waals surface area contributed by atoms with Crippen molar-refractivity contribution in [3.63, 3.8) is 0 Å². The Kier molecular flexibility index (Phi) is 3.52. The number of thioether (sulfide) groups is 1. The van der Waals surface area contributed by atoms with Gasteiger partial charge in [0.2, 0.25) is 0 Å². The molecule has 2 N–H and O–H groups in total. The minimum Gasteiger partial charge on any atom is -0.398 e. The van der Waals surface area contributed by atoms with Crippen molar-refractivity contribution < 1.29 is 13.2 Å². The predicted molar refractivity (Wildman–Crippen MR) is 71.5 cm³/mol. The van der Waals surface area contributed by atoms with Crippen molar-refractivity contribution in [2.24, 2.45) is 0 Å². The highest BCUT2D eigenvalue weighted by atomic mass is 32.2. The fourth-order valence-electron chi connectivity index (χ4n) is 1.91. The summed E-state index contributed by atoms with van der Waals surface area (Å²) >= 11 is 1.33. The van der Waals surface area contributed by atoms with Crippen LogP contribution in [0, 0.1) is 0 Å². The Bertz CT molecular complexity index is 651. The standard InChI is InChI=1S/C12H12F3N5S/c13-12(14,15)7-1-4-10(9(16)5-7)21-6-11-17-18-19-20(11)8-2-3-8/h1,4-5,8H,2-3,6,16H2. The number of benzene rings is 1. The first-order valence-corrected chi connectivity index (χ1v) is 7.30. The van der Waals surface area contributed by atoms with Gasteiger partial charge in [0.25, 0.3) is 0 Å². The minimum absolute atomic E-state index is 0.111. The molecule has 1 aromatic heterocycles. The number of hydrogen-bond acceptors (Lipinski definition) is 5. The highest BCUT2D eigenvalue weighted by Gasteiger charge is 2.31. The third-order valence-corrected chi connectivity index (χ3v) is 4.23. The second kappa shape index (κ2) is 5.21. The second-order valence-corrected chi connectivity index (χ2v) is 5.83. The Labute approximate surface area is 122 Å². The van der Waals surface area contributed by atoms with Gasteiger partial charge in [-0.1, -0.05) is 0 Å². The van der Waals surface area contributed by atoms with E-state index in [-0.39, 0.29) is 5.69 Å². The van der Waals surface area contributed by atoms with Crippen molar-refractivity contribution in [2.45, 2.75) is 35.7 Å². The Morgan fingerprint density at radius 2 is 2.10 bits per heavy atom. The normalized spacial score (nSPS) is 15.4. The zero-order valence-corrected chi connectivity index (χ0v) is 11.7. The number of halogens is 3. The van der Waals surface area contributed by atoms with Gasteiger partial charge in [0, 0.05) is 10.6 Å². The summed E-state index contributed by atoms with van der Waals surface area (Å²) in [6.07, 6.45) is -2.26. The molecule has 1 aliphatic rings. The molecule has 21 heavy (non-hydrogen) atoms. The molecule has 1 aliphatic carbocycles. The van der Waals surface area contributed by atoms with Crippen molar-refractivity contribution in [1.82, 2.24) is 20.2 Å². The van der Waals surface area contributed by atoms with Crippen molar-refractivity contribution in [1.29, 1.82) is 0 Å². The van der Waals surface area contributed by atoms with E-state index in [1.165, 1.54) is 17.8 Å². The van der Waals surface area contributed by atoms with E-state index >= 15 is 0 Å². The monoisotopic (exact) mass is 315 g/mol. The summed E-state index contributed by atoms with van der Waals surface area (Å²) in [5, 5.41) is 11.5. The Balaban J connectivity index is 1.72. The van der Waals surface area contributed by atoms with Crippen molar-refractivity contribution in [3.05, 3.63) is 29.6 Å². The first kappa shape index (κ1) is 14.2. The predicted octanol–water partition coefficient (Wildman–Crippen LogP) is 2.90. The number of hydrogen-bond donors (Lipinski definition) is 1. The quantitative estimate of drug-likeness (QED) is 0.694. The molecule has 5 nitrogen and oxygen atoms in total. The number of anilines is 1. The van der Waals surface area contributed by atoms with Crippen LogP contribution in [0.3, 0.4) is 0 Å². The molecule has 0 spiro atoms. The molecule has 2 aromatic rings. The summed E-state index contributed by atoms with van der Waals surface area (Å²) in [6, 6.07) is 3.73. The molecule has 0 saturated heterocycles. The third kappa shape index (κ3) is 3.12. The number of nitrogens with zero attached hydrogens (tertiary/aromatic N) is 4. The van der Waals surface area contributed by atoms with Gasteiger partial charge in [-0.15, -0.1) is 16.9 Å². The average molecular weight is 315 g/mol. The van der Waals surface area contributed by atoms with Gasteiger partial charge in [-0.2, -0.15) is 13.2 Å². The molecule has 9 heteroatoms. The van der Waals surface area contributed by atoms with Crippen LogP contribution in [0.1, 0.15) is 30.3 Å². The average Bonchev–Trinajstić information content (AvgIpc) is 3.15. The number of aromatic nitrogens is 4. The van der Waals surface area contributed by atoms with Gasteiger partial charge in [-0.25, -0.2) is 4.68 Å². The van der Waals surface area contributed by atoms with E-state index in [9.17, 15) is 13.2 Å². The summed E-state index contributed by atoms with van der Waals surface area (Å²) in [5.41, 5.74) is 5.06. The zero-order chi connectivity index (χ0) is 15.0. The van der Waals surface area contributed by atoms with Crippen molar-refractivity contribution >= 4 is 17.4 Å². The molecular formula is C12H12F3N5S. The SMILES string of the molecule is Nc1cc(C(F)(F)F)ccc1SCc1nnnn1C1CC1. The van der Waals surface area contributed by atoms with Gasteiger partial charge < -0.3 is 5.73 Å². The number of nitrogens with two attached hydrogens (primary N) is 1. The number of tetrazole rings is 1. The molecule has 112 valence electrons. The first-order chi connectivity index (χ1) is 9.95. The molecule has 0 unspecified atom stereocenters. The Morgan fingerprint density at radius 3 is 2.71 bits per heavy atom. The van der Waals surface area contributed by atoms with Crippen LogP contribution in [0.15, 0.2) is 23.1 Å². The fourth-order valence-corrected chi connectivity index (χ4v) is 2.77. The zero-order valence-electron chi connectivity index (χ0n) is 10.8. The van der Waals surface area contributed by atoms with Gasteiger partial charge >= 0.3 is 6.18 Å². The van der Waals surface area contributed by atoms with E-state index in [0.29, 0.717) is 22.5 Å². The van der Waals surface area contributed by atoms with Gasteiger partial charge in [-0.05, 0) is 41.5 Å². The summed E-state index contributed by atoms with van der Waals surface area (Å²) in [7, 11) is 0. The lowest BCUT2D eigenvalue weighted by Crippen LogP contribution is -2.06. The van der Waals surface area contributed by atoms with Crippen LogP contribution in [-0.2, 0) is 11.9 Å². The van der Waals surface area contributed by atoms with Gasteiger partial charge in [0.1, 0.15) is 0 Å². The molecule has 1 heterocycles. The van der Waals surface area contributed by atoms with Crippen molar-refractivity contribution in [2.75, 3.05) is 5.73 Å². The lowest BCUT2D eigenvalue weighted by Gasteiger charge is -2.10. The molecule has 0 atom stereocenters. The fraction of sp³-hybridized carbons (Fsp3) is 0.417. The maximum Gasteiger partial charge on any atom is 0.416 e. The second-order valence-electron chi connectivity index (χ2n) is 4.81. The molecule has 1 aromatic carbocycles. The number of alkyl halides is 3. The van der Waals surface area contributed by atoms with Crippen LogP contribution < -0.4 is 5.73 Å². The maximum atomic E-state index is 12.6. The Hall–Kier alpha value is -1.77. The molecular weight excluding hydrogens is 303 g/mol. The lowest BCUT2D eigenvalue weighted by molar-refractivity contribution is -0.137. The molecule has 3 rings (SSSR count). The minimum atomic E-state index is -4.38. The molecule has 1 saturated carbocycles. The third-order valence-electron chi connectivity index (χ3n) is 3.15. The van der Waals surface area contributed by atoms with Crippen LogP contribution in [0.2, 0.25) is 0 Å². The van der Waals surface area contributed by atoms with Crippen LogP contribution in [0.5, 0.6) is 0 Å². The number of nitrogen functional groups attached to an aromatic ring is 1. The van der Waals surface area contributed by atoms with E-state index in [1.54, 1.807) is 4.68 Å². The van der Waals surface area contributed by atoms with E-state index in [4.69, 9.17) is 5.73 Å². The largest absolute Gasteiger partial charge is 0.416 e. The molecule has 0 radical (unpaired) electrons. The van der Waals surface area contributed by atoms with E-state index in [2.05, 4.69) is 15.5 Å². The lowest BCUT2D eigenvalue weighted by atomic mass is 10.2. The van der Waals surface area contributed by atoms with Crippen LogP contribution in [-0.4, -0.2) is 20.2 Å². The molecule has 1 fully saturated rings. The molecule has 0 amide bonds. The van der Waals surface area contributed by atoms with Gasteiger partial charge in [-0.3, -0.25) is 0 Å². The molecule has 0 bridgehead atoms. The summed E-state index contributed by atoms with van der Waals surface area (Å²) < 4.78 is 39.5. The summed E-state index contributed by atoms with van der Waals surface area (Å²) in [4.78, 5) is 0.591. The highest BCUT2D eigenvalue weighted by molar-refractivity contribution is 7.98. The van der Waals surface area contributed by atoms with E-state index < -0.39 is 11.7 Å². The first-order valence-electron chi connectivity index (χ1n) is 6.31. The molecule has 0 aliphatic heterocycles. The Morgan fingerprint density at radius 1 is 1.33 bits per heavy atom. The number of rotatable bonds is 4. The van der Waals surface area contributed by atoms with Gasteiger partial charge in [0.05, 0.1) is 17.4 Å². The summed E-state index contributed by atoms with van der Waals surface area (Å²) in [5.74, 6) is 1.18. The van der Waals surface area contributed by atoms with Crippen LogP contribution in [0.4, 0.5) is 18.9 Å².